The lowest BCUT2D eigenvalue weighted by atomic mass is 10.2. The molecule has 0 atom stereocenters. The number of rotatable bonds is 7. The van der Waals surface area contributed by atoms with Crippen molar-refractivity contribution >= 4 is 5.82 Å². The maximum Gasteiger partial charge on any atom is 0.129 e. The van der Waals surface area contributed by atoms with Crippen LogP contribution in [0.5, 0.6) is 0 Å². The summed E-state index contributed by atoms with van der Waals surface area (Å²) in [5.41, 5.74) is 2.41. The molecule has 0 unspecified atom stereocenters. The van der Waals surface area contributed by atoms with Crippen LogP contribution in [0.1, 0.15) is 31.0 Å². The first-order valence-corrected chi connectivity index (χ1v) is 6.80. The van der Waals surface area contributed by atoms with Crippen LogP contribution in [0.25, 0.3) is 0 Å². The van der Waals surface area contributed by atoms with Gasteiger partial charge in [0.15, 0.2) is 0 Å². The summed E-state index contributed by atoms with van der Waals surface area (Å²) in [4.78, 5) is 7.04. The average molecular weight is 245 g/mol. The Hall–Kier alpha value is -1.35. The van der Waals surface area contributed by atoms with Crippen molar-refractivity contribution in [3.63, 3.8) is 0 Å². The Labute approximate surface area is 110 Å². The van der Waals surface area contributed by atoms with E-state index in [1.807, 2.05) is 6.08 Å². The molecule has 0 radical (unpaired) electrons. The van der Waals surface area contributed by atoms with Gasteiger partial charge in [0.1, 0.15) is 5.82 Å². The molecule has 1 saturated carbocycles. The van der Waals surface area contributed by atoms with Gasteiger partial charge >= 0.3 is 0 Å². The Balaban J connectivity index is 2.19. The van der Waals surface area contributed by atoms with E-state index in [0.29, 0.717) is 6.04 Å². The minimum Gasteiger partial charge on any atom is -0.350 e. The molecule has 0 amide bonds. The topological polar surface area (TPSA) is 28.2 Å². The molecule has 0 aliphatic heterocycles. The van der Waals surface area contributed by atoms with Crippen LogP contribution < -0.4 is 10.2 Å². The molecule has 18 heavy (non-hydrogen) atoms. The highest BCUT2D eigenvalue weighted by atomic mass is 15.2. The molecular formula is C15H23N3. The first kappa shape index (κ1) is 13.1. The zero-order chi connectivity index (χ0) is 13.0. The number of hydrogen-bond acceptors (Lipinski definition) is 3. The maximum atomic E-state index is 4.67. The van der Waals surface area contributed by atoms with Crippen molar-refractivity contribution in [2.75, 3.05) is 18.0 Å². The smallest absolute Gasteiger partial charge is 0.129 e. The highest BCUT2D eigenvalue weighted by Gasteiger charge is 2.29. The minimum absolute atomic E-state index is 0.671. The second kappa shape index (κ2) is 6.01. The number of nitrogens with zero attached hydrogens (tertiary/aromatic N) is 2. The van der Waals surface area contributed by atoms with E-state index in [1.165, 1.54) is 18.4 Å². The van der Waals surface area contributed by atoms with Gasteiger partial charge in [-0.3, -0.25) is 0 Å². The van der Waals surface area contributed by atoms with Crippen LogP contribution in [0, 0.1) is 6.92 Å². The SMILES string of the molecule is C=CCN(c1cc(CNCC)cc(C)n1)C1CC1. The second-order valence-corrected chi connectivity index (χ2v) is 4.93. The fourth-order valence-electron chi connectivity index (χ4n) is 2.19. The van der Waals surface area contributed by atoms with E-state index in [-0.39, 0.29) is 0 Å². The summed E-state index contributed by atoms with van der Waals surface area (Å²) < 4.78 is 0. The zero-order valence-electron chi connectivity index (χ0n) is 11.4. The van der Waals surface area contributed by atoms with Crippen molar-refractivity contribution < 1.29 is 0 Å². The third-order valence-corrected chi connectivity index (χ3v) is 3.19. The van der Waals surface area contributed by atoms with Gasteiger partial charge in [-0.2, -0.15) is 0 Å². The van der Waals surface area contributed by atoms with Crippen LogP contribution >= 0.6 is 0 Å². The molecule has 1 aromatic rings. The van der Waals surface area contributed by atoms with E-state index in [4.69, 9.17) is 0 Å². The van der Waals surface area contributed by atoms with Gasteiger partial charge in [-0.05, 0) is 44.0 Å². The third kappa shape index (κ3) is 3.33. The molecule has 1 aliphatic rings. The van der Waals surface area contributed by atoms with E-state index < -0.39 is 0 Å². The molecule has 98 valence electrons. The normalized spacial score (nSPS) is 14.6. The number of anilines is 1. The minimum atomic E-state index is 0.671. The summed E-state index contributed by atoms with van der Waals surface area (Å²) in [5.74, 6) is 1.10. The van der Waals surface area contributed by atoms with Gasteiger partial charge < -0.3 is 10.2 Å². The van der Waals surface area contributed by atoms with Crippen LogP contribution in [0.4, 0.5) is 5.82 Å². The molecule has 0 spiro atoms. The van der Waals surface area contributed by atoms with Crippen LogP contribution in [0.15, 0.2) is 24.8 Å². The lowest BCUT2D eigenvalue weighted by Crippen LogP contribution is -2.27. The standard InChI is InChI=1S/C15H23N3/c1-4-8-18(14-6-7-14)15-10-13(11-16-5-2)9-12(3)17-15/h4,9-10,14,16H,1,5-8,11H2,2-3H3. The predicted octanol–water partition coefficient (Wildman–Crippen LogP) is 2.65. The van der Waals surface area contributed by atoms with Gasteiger partial charge in [0.2, 0.25) is 0 Å². The van der Waals surface area contributed by atoms with Gasteiger partial charge in [0.05, 0.1) is 0 Å². The van der Waals surface area contributed by atoms with E-state index in [1.54, 1.807) is 0 Å². The lowest BCUT2D eigenvalue weighted by molar-refractivity contribution is 0.723. The van der Waals surface area contributed by atoms with Gasteiger partial charge in [-0.15, -0.1) is 6.58 Å². The van der Waals surface area contributed by atoms with Crippen molar-refractivity contribution in [2.24, 2.45) is 0 Å². The molecule has 1 aliphatic carbocycles. The summed E-state index contributed by atoms with van der Waals surface area (Å²) in [6, 6.07) is 5.03. The Morgan fingerprint density at radius 2 is 2.28 bits per heavy atom. The molecular weight excluding hydrogens is 222 g/mol. The number of aryl methyl sites for hydroxylation is 1. The summed E-state index contributed by atoms with van der Waals surface area (Å²) in [7, 11) is 0. The third-order valence-electron chi connectivity index (χ3n) is 3.19. The average Bonchev–Trinajstić information content (AvgIpc) is 3.17. The number of aromatic nitrogens is 1. The van der Waals surface area contributed by atoms with E-state index in [9.17, 15) is 0 Å². The quantitative estimate of drug-likeness (QED) is 0.749. The molecule has 1 fully saturated rings. The Morgan fingerprint density at radius 3 is 2.89 bits per heavy atom. The van der Waals surface area contributed by atoms with Crippen LogP contribution in [-0.2, 0) is 6.54 Å². The van der Waals surface area contributed by atoms with E-state index >= 15 is 0 Å². The lowest BCUT2D eigenvalue weighted by Gasteiger charge is -2.23. The fourth-order valence-corrected chi connectivity index (χ4v) is 2.19. The van der Waals surface area contributed by atoms with E-state index in [0.717, 1.165) is 31.1 Å². The Bertz CT molecular complexity index is 410. The van der Waals surface area contributed by atoms with Gasteiger partial charge in [-0.1, -0.05) is 13.0 Å². The molecule has 3 heteroatoms. The molecule has 1 heterocycles. The monoisotopic (exact) mass is 245 g/mol. The molecule has 3 nitrogen and oxygen atoms in total. The van der Waals surface area contributed by atoms with Gasteiger partial charge in [0, 0.05) is 24.8 Å². The molecule has 0 bridgehead atoms. The number of pyridine rings is 1. The van der Waals surface area contributed by atoms with E-state index in [2.05, 4.69) is 47.8 Å². The van der Waals surface area contributed by atoms with Crippen LogP contribution in [-0.4, -0.2) is 24.1 Å². The molecule has 1 N–H and O–H groups in total. The maximum absolute atomic E-state index is 4.67. The van der Waals surface area contributed by atoms with Crippen molar-refractivity contribution in [1.82, 2.24) is 10.3 Å². The van der Waals surface area contributed by atoms with Crippen molar-refractivity contribution in [3.8, 4) is 0 Å². The highest BCUT2D eigenvalue weighted by molar-refractivity contribution is 5.45. The number of hydrogen-bond donors (Lipinski definition) is 1. The fraction of sp³-hybridized carbons (Fsp3) is 0.533. The molecule has 2 rings (SSSR count). The molecule has 0 saturated heterocycles. The van der Waals surface area contributed by atoms with Gasteiger partial charge in [0.25, 0.3) is 0 Å². The molecule has 1 aromatic heterocycles. The molecule has 0 aromatic carbocycles. The van der Waals surface area contributed by atoms with Crippen molar-refractivity contribution in [2.45, 2.75) is 39.3 Å². The summed E-state index contributed by atoms with van der Waals surface area (Å²) in [6.07, 6.45) is 4.53. The second-order valence-electron chi connectivity index (χ2n) is 4.93. The summed E-state index contributed by atoms with van der Waals surface area (Å²) in [6.45, 7) is 10.8. The largest absolute Gasteiger partial charge is 0.350 e. The Morgan fingerprint density at radius 1 is 1.50 bits per heavy atom. The zero-order valence-corrected chi connectivity index (χ0v) is 11.4. The number of nitrogens with one attached hydrogen (secondary N) is 1. The van der Waals surface area contributed by atoms with Crippen LogP contribution in [0.2, 0.25) is 0 Å². The van der Waals surface area contributed by atoms with Gasteiger partial charge in [-0.25, -0.2) is 4.98 Å². The first-order valence-electron chi connectivity index (χ1n) is 6.80. The first-order chi connectivity index (χ1) is 8.74. The van der Waals surface area contributed by atoms with Crippen molar-refractivity contribution in [1.29, 1.82) is 0 Å². The van der Waals surface area contributed by atoms with Crippen LogP contribution in [0.3, 0.4) is 0 Å². The highest BCUT2D eigenvalue weighted by Crippen LogP contribution is 2.31. The predicted molar refractivity (Wildman–Crippen MR) is 76.9 cm³/mol. The summed E-state index contributed by atoms with van der Waals surface area (Å²) >= 11 is 0. The Kier molecular flexibility index (Phi) is 4.37. The van der Waals surface area contributed by atoms with Crippen molar-refractivity contribution in [3.05, 3.63) is 36.0 Å². The summed E-state index contributed by atoms with van der Waals surface area (Å²) in [5, 5.41) is 3.37.